The molecule has 1 aliphatic heterocycles. The summed E-state index contributed by atoms with van der Waals surface area (Å²) in [5, 5.41) is 0. The summed E-state index contributed by atoms with van der Waals surface area (Å²) in [5.74, 6) is 1.05. The minimum absolute atomic E-state index is 0.875. The van der Waals surface area contributed by atoms with Crippen molar-refractivity contribution in [2.45, 2.75) is 6.54 Å². The molecule has 100 valence electrons. The van der Waals surface area contributed by atoms with Crippen LogP contribution >= 0.6 is 0 Å². The van der Waals surface area contributed by atoms with Gasteiger partial charge in [-0.25, -0.2) is 0 Å². The van der Waals surface area contributed by atoms with Crippen molar-refractivity contribution in [2.24, 2.45) is 4.99 Å². The third-order valence-electron chi connectivity index (χ3n) is 3.29. The molecular weight excluding hydrogens is 246 g/mol. The lowest BCUT2D eigenvalue weighted by Gasteiger charge is -2.18. The summed E-state index contributed by atoms with van der Waals surface area (Å²) in [6.45, 7) is 2.78. The zero-order chi connectivity index (χ0) is 13.6. The second kappa shape index (κ2) is 6.15. The summed E-state index contributed by atoms with van der Waals surface area (Å²) in [6.07, 6.45) is 7.78. The van der Waals surface area contributed by atoms with E-state index in [0.717, 1.165) is 31.0 Å². The van der Waals surface area contributed by atoms with Gasteiger partial charge in [-0.05, 0) is 29.3 Å². The first-order valence-electron chi connectivity index (χ1n) is 6.83. The molecule has 0 radical (unpaired) electrons. The van der Waals surface area contributed by atoms with Crippen LogP contribution in [0.25, 0.3) is 6.08 Å². The molecule has 1 aliphatic rings. The Kier molecular flexibility index (Phi) is 3.88. The molecule has 0 N–H and O–H groups in total. The van der Waals surface area contributed by atoms with Crippen LogP contribution in [0.2, 0.25) is 0 Å². The van der Waals surface area contributed by atoms with Crippen molar-refractivity contribution < 1.29 is 0 Å². The van der Waals surface area contributed by atoms with Gasteiger partial charge in [0.2, 0.25) is 0 Å². The van der Waals surface area contributed by atoms with Crippen molar-refractivity contribution in [3.63, 3.8) is 0 Å². The van der Waals surface area contributed by atoms with Gasteiger partial charge in [-0.15, -0.1) is 0 Å². The number of rotatable bonds is 4. The lowest BCUT2D eigenvalue weighted by atomic mass is 10.2. The molecule has 0 unspecified atom stereocenters. The number of nitrogens with zero attached hydrogens (tertiary/aromatic N) is 3. The largest absolute Gasteiger partial charge is 0.351 e. The Bertz CT molecular complexity index is 603. The topological polar surface area (TPSA) is 28.5 Å². The third-order valence-corrected chi connectivity index (χ3v) is 3.29. The van der Waals surface area contributed by atoms with Crippen molar-refractivity contribution in [3.8, 4) is 0 Å². The first kappa shape index (κ1) is 12.6. The fraction of sp³-hybridized carbons (Fsp3) is 0.176. The van der Waals surface area contributed by atoms with Crippen LogP contribution in [0.3, 0.4) is 0 Å². The molecule has 0 saturated heterocycles. The molecule has 1 aromatic carbocycles. The van der Waals surface area contributed by atoms with E-state index in [-0.39, 0.29) is 0 Å². The number of hydrogen-bond acceptors (Lipinski definition) is 3. The van der Waals surface area contributed by atoms with E-state index in [9.17, 15) is 0 Å². The van der Waals surface area contributed by atoms with Crippen molar-refractivity contribution in [1.82, 2.24) is 9.88 Å². The summed E-state index contributed by atoms with van der Waals surface area (Å²) in [7, 11) is 0. The van der Waals surface area contributed by atoms with Crippen LogP contribution < -0.4 is 0 Å². The second-order valence-electron chi connectivity index (χ2n) is 4.77. The number of amidine groups is 1. The second-order valence-corrected chi connectivity index (χ2v) is 4.77. The predicted octanol–water partition coefficient (Wildman–Crippen LogP) is 3.01. The number of hydrogen-bond donors (Lipinski definition) is 0. The van der Waals surface area contributed by atoms with Crippen LogP contribution in [0, 0.1) is 0 Å². The molecule has 0 bridgehead atoms. The van der Waals surface area contributed by atoms with E-state index in [1.807, 2.05) is 24.4 Å². The van der Waals surface area contributed by atoms with Gasteiger partial charge in [0.25, 0.3) is 0 Å². The van der Waals surface area contributed by atoms with Gasteiger partial charge in [0.15, 0.2) is 0 Å². The van der Waals surface area contributed by atoms with E-state index < -0.39 is 0 Å². The number of aromatic nitrogens is 1. The predicted molar refractivity (Wildman–Crippen MR) is 82.4 cm³/mol. The molecule has 0 saturated carbocycles. The lowest BCUT2D eigenvalue weighted by molar-refractivity contribution is 0.454. The van der Waals surface area contributed by atoms with Gasteiger partial charge in [0.1, 0.15) is 5.84 Å². The van der Waals surface area contributed by atoms with Gasteiger partial charge in [0, 0.05) is 25.5 Å². The molecule has 0 fully saturated rings. The summed E-state index contributed by atoms with van der Waals surface area (Å²) in [6, 6.07) is 14.5. The molecule has 2 heterocycles. The summed E-state index contributed by atoms with van der Waals surface area (Å²) in [5.41, 5.74) is 2.42. The van der Waals surface area contributed by atoms with Crippen molar-refractivity contribution in [2.75, 3.05) is 13.1 Å². The third kappa shape index (κ3) is 3.12. The van der Waals surface area contributed by atoms with E-state index in [2.05, 4.69) is 51.3 Å². The fourth-order valence-corrected chi connectivity index (χ4v) is 2.27. The van der Waals surface area contributed by atoms with Crippen LogP contribution in [-0.4, -0.2) is 28.8 Å². The van der Waals surface area contributed by atoms with Crippen molar-refractivity contribution in [1.29, 1.82) is 0 Å². The molecule has 3 rings (SSSR count). The van der Waals surface area contributed by atoms with Gasteiger partial charge >= 0.3 is 0 Å². The van der Waals surface area contributed by atoms with E-state index in [1.54, 1.807) is 6.20 Å². The summed E-state index contributed by atoms with van der Waals surface area (Å²) >= 11 is 0. The maximum absolute atomic E-state index is 4.56. The smallest absolute Gasteiger partial charge is 0.123 e. The Morgan fingerprint density at radius 2 is 1.95 bits per heavy atom. The van der Waals surface area contributed by atoms with Crippen LogP contribution in [-0.2, 0) is 6.54 Å². The first-order valence-corrected chi connectivity index (χ1v) is 6.83. The van der Waals surface area contributed by atoms with Gasteiger partial charge in [-0.1, -0.05) is 36.4 Å². The normalized spacial score (nSPS) is 14.8. The first-order chi connectivity index (χ1) is 9.92. The molecule has 0 amide bonds. The maximum atomic E-state index is 4.56. The highest BCUT2D eigenvalue weighted by molar-refractivity contribution is 5.97. The SMILES string of the molecule is C(=C\c1cccnc1)/C1=NCCN1Cc1ccccc1. The molecule has 3 heteroatoms. The molecular formula is C17H17N3. The van der Waals surface area contributed by atoms with Gasteiger partial charge in [-0.3, -0.25) is 9.98 Å². The molecule has 0 aliphatic carbocycles. The maximum Gasteiger partial charge on any atom is 0.123 e. The monoisotopic (exact) mass is 263 g/mol. The van der Waals surface area contributed by atoms with Gasteiger partial charge in [0.05, 0.1) is 6.54 Å². The van der Waals surface area contributed by atoms with Crippen LogP contribution in [0.5, 0.6) is 0 Å². The fourth-order valence-electron chi connectivity index (χ4n) is 2.27. The van der Waals surface area contributed by atoms with Crippen molar-refractivity contribution >= 4 is 11.9 Å². The number of aliphatic imine (C=N–C) groups is 1. The lowest BCUT2D eigenvalue weighted by Crippen LogP contribution is -2.25. The zero-order valence-electron chi connectivity index (χ0n) is 11.3. The van der Waals surface area contributed by atoms with Crippen LogP contribution in [0.1, 0.15) is 11.1 Å². The standard InChI is InChI=1S/C17H17N3/c1-2-5-16(6-3-1)14-20-12-11-19-17(20)9-8-15-7-4-10-18-13-15/h1-10,13H,11-12,14H2/b9-8+. The molecule has 3 nitrogen and oxygen atoms in total. The summed E-state index contributed by atoms with van der Waals surface area (Å²) in [4.78, 5) is 11.0. The van der Waals surface area contributed by atoms with E-state index in [0.29, 0.717) is 0 Å². The molecule has 0 atom stereocenters. The van der Waals surface area contributed by atoms with E-state index >= 15 is 0 Å². The van der Waals surface area contributed by atoms with Crippen LogP contribution in [0.4, 0.5) is 0 Å². The average Bonchev–Trinajstić information content (AvgIpc) is 2.94. The minimum Gasteiger partial charge on any atom is -0.351 e. The Balaban J connectivity index is 1.68. The zero-order valence-corrected chi connectivity index (χ0v) is 11.3. The average molecular weight is 263 g/mol. The van der Waals surface area contributed by atoms with E-state index in [4.69, 9.17) is 0 Å². The van der Waals surface area contributed by atoms with Gasteiger partial charge in [-0.2, -0.15) is 0 Å². The number of benzene rings is 1. The molecule has 20 heavy (non-hydrogen) atoms. The highest BCUT2D eigenvalue weighted by Crippen LogP contribution is 2.11. The summed E-state index contributed by atoms with van der Waals surface area (Å²) < 4.78 is 0. The van der Waals surface area contributed by atoms with Gasteiger partial charge < -0.3 is 4.90 Å². The Labute approximate surface area is 119 Å². The van der Waals surface area contributed by atoms with E-state index in [1.165, 1.54) is 5.56 Å². The molecule has 0 spiro atoms. The Morgan fingerprint density at radius 1 is 1.05 bits per heavy atom. The Hall–Kier alpha value is -2.42. The Morgan fingerprint density at radius 3 is 2.75 bits per heavy atom. The number of pyridine rings is 1. The highest BCUT2D eigenvalue weighted by Gasteiger charge is 2.14. The molecule has 2 aromatic rings. The highest BCUT2D eigenvalue weighted by atomic mass is 15.2. The van der Waals surface area contributed by atoms with Crippen LogP contribution in [0.15, 0.2) is 65.9 Å². The minimum atomic E-state index is 0.875. The van der Waals surface area contributed by atoms with Crippen molar-refractivity contribution in [3.05, 3.63) is 72.1 Å². The molecule has 1 aromatic heterocycles. The quantitative estimate of drug-likeness (QED) is 0.848.